The van der Waals surface area contributed by atoms with E-state index in [4.69, 9.17) is 11.6 Å². The van der Waals surface area contributed by atoms with Crippen molar-refractivity contribution in [2.24, 2.45) is 0 Å². The molecule has 0 aromatic heterocycles. The highest BCUT2D eigenvalue weighted by atomic mass is 35.5. The summed E-state index contributed by atoms with van der Waals surface area (Å²) in [5, 5.41) is 10.1. The molecule has 1 aliphatic heterocycles. The minimum absolute atomic E-state index is 0.449. The summed E-state index contributed by atoms with van der Waals surface area (Å²) < 4.78 is 0. The maximum Gasteiger partial charge on any atom is 0.321 e. The molecule has 1 aromatic rings. The number of hydrogen-bond donors (Lipinski definition) is 1. The lowest BCUT2D eigenvalue weighted by atomic mass is 10.0. The fraction of sp³-hybridized carbons (Fsp3) is 0.500. The summed E-state index contributed by atoms with van der Waals surface area (Å²) in [6.45, 7) is 3.46. The first-order valence-electron chi connectivity index (χ1n) is 6.46. The van der Waals surface area contributed by atoms with E-state index < -0.39 is 12.0 Å². The van der Waals surface area contributed by atoms with Gasteiger partial charge in [-0.15, -0.1) is 0 Å². The van der Waals surface area contributed by atoms with Crippen LogP contribution in [0, 0.1) is 0 Å². The molecule has 1 fully saturated rings. The first-order valence-corrected chi connectivity index (χ1v) is 6.84. The normalized spacial score (nSPS) is 19.3. The summed E-state index contributed by atoms with van der Waals surface area (Å²) in [7, 11) is 2.06. The largest absolute Gasteiger partial charge is 0.480 e. The average molecular weight is 283 g/mol. The summed E-state index contributed by atoms with van der Waals surface area (Å²) in [4.78, 5) is 15.7. The van der Waals surface area contributed by atoms with Crippen molar-refractivity contribution in [3.63, 3.8) is 0 Å². The first-order chi connectivity index (χ1) is 9.06. The lowest BCUT2D eigenvalue weighted by Gasteiger charge is -2.36. The van der Waals surface area contributed by atoms with E-state index in [0.717, 1.165) is 31.7 Å². The van der Waals surface area contributed by atoms with Gasteiger partial charge in [0, 0.05) is 31.2 Å². The second-order valence-electron chi connectivity index (χ2n) is 5.02. The molecule has 19 heavy (non-hydrogen) atoms. The van der Waals surface area contributed by atoms with Gasteiger partial charge in [0.15, 0.2) is 0 Å². The molecule has 5 heteroatoms. The molecule has 1 saturated heterocycles. The zero-order valence-corrected chi connectivity index (χ0v) is 11.8. The highest BCUT2D eigenvalue weighted by Gasteiger charge is 2.28. The van der Waals surface area contributed by atoms with Gasteiger partial charge < -0.3 is 10.0 Å². The molecule has 1 aromatic carbocycles. The van der Waals surface area contributed by atoms with Gasteiger partial charge in [-0.1, -0.05) is 23.7 Å². The Balaban J connectivity index is 2.04. The highest BCUT2D eigenvalue weighted by molar-refractivity contribution is 6.30. The second kappa shape index (κ2) is 6.37. The number of carbonyl (C=O) groups is 1. The number of benzene rings is 1. The van der Waals surface area contributed by atoms with Crippen molar-refractivity contribution < 1.29 is 9.90 Å². The van der Waals surface area contributed by atoms with Crippen LogP contribution in [0.15, 0.2) is 24.3 Å². The molecular formula is C14H19ClN2O2. The number of rotatable bonds is 4. The molecule has 1 N–H and O–H groups in total. The molecule has 0 spiro atoms. The molecule has 1 aliphatic rings. The Kier molecular flexibility index (Phi) is 4.80. The van der Waals surface area contributed by atoms with Crippen LogP contribution in [-0.4, -0.2) is 60.1 Å². The SMILES string of the molecule is CN1CCN(C(Cc2ccc(Cl)cc2)C(=O)O)CC1. The van der Waals surface area contributed by atoms with E-state index in [1.54, 1.807) is 12.1 Å². The molecule has 0 amide bonds. The number of nitrogens with zero attached hydrogens (tertiary/aromatic N) is 2. The van der Waals surface area contributed by atoms with Gasteiger partial charge in [-0.05, 0) is 31.2 Å². The average Bonchev–Trinajstić information content (AvgIpc) is 2.39. The van der Waals surface area contributed by atoms with E-state index in [1.807, 2.05) is 12.1 Å². The minimum Gasteiger partial charge on any atom is -0.480 e. The quantitative estimate of drug-likeness (QED) is 0.911. The van der Waals surface area contributed by atoms with E-state index in [9.17, 15) is 9.90 Å². The standard InChI is InChI=1S/C14H19ClN2O2/c1-16-6-8-17(9-7-16)13(14(18)19)10-11-2-4-12(15)5-3-11/h2-5,13H,6-10H2,1H3,(H,18,19). The van der Waals surface area contributed by atoms with Gasteiger partial charge in [-0.3, -0.25) is 9.69 Å². The summed E-state index contributed by atoms with van der Waals surface area (Å²) >= 11 is 5.84. The van der Waals surface area contributed by atoms with Crippen molar-refractivity contribution >= 4 is 17.6 Å². The summed E-state index contributed by atoms with van der Waals surface area (Å²) in [6, 6.07) is 6.96. The Labute approximate surface area is 118 Å². The fourth-order valence-corrected chi connectivity index (χ4v) is 2.48. The van der Waals surface area contributed by atoms with E-state index >= 15 is 0 Å². The van der Waals surface area contributed by atoms with Crippen LogP contribution in [0.1, 0.15) is 5.56 Å². The Bertz CT molecular complexity index is 428. The van der Waals surface area contributed by atoms with Crippen molar-refractivity contribution in [1.29, 1.82) is 0 Å². The molecule has 1 atom stereocenters. The van der Waals surface area contributed by atoms with Gasteiger partial charge >= 0.3 is 5.97 Å². The number of hydrogen-bond acceptors (Lipinski definition) is 3. The van der Waals surface area contributed by atoms with Crippen molar-refractivity contribution in [2.45, 2.75) is 12.5 Å². The monoisotopic (exact) mass is 282 g/mol. The van der Waals surface area contributed by atoms with Crippen molar-refractivity contribution in [2.75, 3.05) is 33.2 Å². The van der Waals surface area contributed by atoms with Gasteiger partial charge in [0.1, 0.15) is 6.04 Å². The number of piperazine rings is 1. The lowest BCUT2D eigenvalue weighted by molar-refractivity contribution is -0.144. The molecule has 0 radical (unpaired) electrons. The Hall–Kier alpha value is -1.10. The Morgan fingerprint density at radius 1 is 1.26 bits per heavy atom. The molecule has 4 nitrogen and oxygen atoms in total. The van der Waals surface area contributed by atoms with Crippen LogP contribution < -0.4 is 0 Å². The third-order valence-electron chi connectivity index (χ3n) is 3.61. The number of likely N-dealkylation sites (N-methyl/N-ethyl adjacent to an activating group) is 1. The van der Waals surface area contributed by atoms with Gasteiger partial charge in [0.25, 0.3) is 0 Å². The van der Waals surface area contributed by atoms with Crippen LogP contribution in [0.2, 0.25) is 5.02 Å². The summed E-state index contributed by atoms with van der Waals surface area (Å²) in [5.74, 6) is -0.750. The number of carboxylic acid groups (broad SMARTS) is 1. The van der Waals surface area contributed by atoms with E-state index in [-0.39, 0.29) is 0 Å². The minimum atomic E-state index is -0.750. The molecule has 1 heterocycles. The third-order valence-corrected chi connectivity index (χ3v) is 3.86. The van der Waals surface area contributed by atoms with E-state index in [1.165, 1.54) is 0 Å². The zero-order valence-electron chi connectivity index (χ0n) is 11.1. The predicted molar refractivity (Wildman–Crippen MR) is 75.6 cm³/mol. The molecule has 0 aliphatic carbocycles. The number of halogens is 1. The lowest BCUT2D eigenvalue weighted by Crippen LogP contribution is -2.52. The highest BCUT2D eigenvalue weighted by Crippen LogP contribution is 2.15. The van der Waals surface area contributed by atoms with Gasteiger partial charge in [-0.25, -0.2) is 0 Å². The topological polar surface area (TPSA) is 43.8 Å². The molecule has 0 bridgehead atoms. The smallest absolute Gasteiger partial charge is 0.321 e. The second-order valence-corrected chi connectivity index (χ2v) is 5.46. The summed E-state index contributed by atoms with van der Waals surface area (Å²) in [5.41, 5.74) is 1.01. The van der Waals surface area contributed by atoms with Gasteiger partial charge in [0.05, 0.1) is 0 Å². The van der Waals surface area contributed by atoms with Crippen LogP contribution in [0.4, 0.5) is 0 Å². The van der Waals surface area contributed by atoms with Crippen LogP contribution in [-0.2, 0) is 11.2 Å². The van der Waals surface area contributed by atoms with Crippen molar-refractivity contribution in [3.8, 4) is 0 Å². The Morgan fingerprint density at radius 3 is 2.37 bits per heavy atom. The predicted octanol–water partition coefficient (Wildman–Crippen LogP) is 1.58. The fourth-order valence-electron chi connectivity index (χ4n) is 2.35. The molecule has 0 saturated carbocycles. The maximum atomic E-state index is 11.5. The number of aliphatic carboxylic acids is 1. The van der Waals surface area contributed by atoms with Crippen molar-refractivity contribution in [3.05, 3.63) is 34.9 Å². The van der Waals surface area contributed by atoms with E-state index in [2.05, 4.69) is 16.8 Å². The van der Waals surface area contributed by atoms with Crippen LogP contribution in [0.3, 0.4) is 0 Å². The number of carboxylic acids is 1. The Morgan fingerprint density at radius 2 is 1.84 bits per heavy atom. The zero-order chi connectivity index (χ0) is 13.8. The first kappa shape index (κ1) is 14.3. The third kappa shape index (κ3) is 3.93. The van der Waals surface area contributed by atoms with Gasteiger partial charge in [0.2, 0.25) is 0 Å². The van der Waals surface area contributed by atoms with Crippen LogP contribution >= 0.6 is 11.6 Å². The van der Waals surface area contributed by atoms with Gasteiger partial charge in [-0.2, -0.15) is 0 Å². The maximum absolute atomic E-state index is 11.5. The van der Waals surface area contributed by atoms with Crippen LogP contribution in [0.5, 0.6) is 0 Å². The molecule has 1 unspecified atom stereocenters. The van der Waals surface area contributed by atoms with Crippen molar-refractivity contribution in [1.82, 2.24) is 9.80 Å². The van der Waals surface area contributed by atoms with E-state index in [0.29, 0.717) is 11.4 Å². The molecule has 2 rings (SSSR count). The molecular weight excluding hydrogens is 264 g/mol. The van der Waals surface area contributed by atoms with Crippen LogP contribution in [0.25, 0.3) is 0 Å². The molecule has 104 valence electrons. The summed E-state index contributed by atoms with van der Waals surface area (Å²) in [6.07, 6.45) is 0.524.